The third-order valence-corrected chi connectivity index (χ3v) is 5.46. The maximum absolute atomic E-state index is 11.8. The van der Waals surface area contributed by atoms with Crippen LogP contribution in [-0.2, 0) is 4.79 Å². The van der Waals surface area contributed by atoms with Crippen molar-refractivity contribution in [1.29, 1.82) is 0 Å². The summed E-state index contributed by atoms with van der Waals surface area (Å²) >= 11 is 0. The van der Waals surface area contributed by atoms with Crippen LogP contribution in [0.1, 0.15) is 33.1 Å². The van der Waals surface area contributed by atoms with E-state index in [1.165, 1.54) is 5.69 Å². The first-order chi connectivity index (χ1) is 13.0. The molecule has 27 heavy (non-hydrogen) atoms. The molecule has 2 aliphatic rings. The molecule has 1 aliphatic heterocycles. The summed E-state index contributed by atoms with van der Waals surface area (Å²) in [4.78, 5) is 16.8. The quantitative estimate of drug-likeness (QED) is 0.747. The molecule has 1 aromatic rings. The number of methoxy groups -OCH3 is 1. The van der Waals surface area contributed by atoms with Crippen LogP contribution in [0, 0.1) is 5.41 Å². The van der Waals surface area contributed by atoms with E-state index in [0.717, 1.165) is 63.6 Å². The van der Waals surface area contributed by atoms with Crippen molar-refractivity contribution in [2.75, 3.05) is 51.3 Å². The SMILES string of the molecule is COc1ccccc1N1CCN(CCCNC2=CC(=O)CC(C)(C)C2)CC1. The highest BCUT2D eigenvalue weighted by molar-refractivity contribution is 5.91. The zero-order valence-corrected chi connectivity index (χ0v) is 17.0. The molecule has 1 fully saturated rings. The Balaban J connectivity index is 1.38. The number of piperazine rings is 1. The number of allylic oxidation sites excluding steroid dienone is 2. The molecule has 0 radical (unpaired) electrons. The van der Waals surface area contributed by atoms with E-state index in [4.69, 9.17) is 4.74 Å². The van der Waals surface area contributed by atoms with Crippen LogP contribution in [0.4, 0.5) is 5.69 Å². The first kappa shape index (κ1) is 19.7. The van der Waals surface area contributed by atoms with Gasteiger partial charge in [-0.2, -0.15) is 0 Å². The standard InChI is InChI=1S/C22H33N3O2/c1-22(2)16-18(15-19(26)17-22)23-9-6-10-24-11-13-25(14-12-24)20-7-4-5-8-21(20)27-3/h4-5,7-8,15,23H,6,9-14,16-17H2,1-3H3. The van der Waals surface area contributed by atoms with Gasteiger partial charge >= 0.3 is 0 Å². The minimum atomic E-state index is 0.0863. The van der Waals surface area contributed by atoms with Gasteiger partial charge in [-0.25, -0.2) is 0 Å². The molecule has 5 nitrogen and oxygen atoms in total. The van der Waals surface area contributed by atoms with E-state index in [-0.39, 0.29) is 11.2 Å². The maximum Gasteiger partial charge on any atom is 0.157 e. The predicted octanol–water partition coefficient (Wildman–Crippen LogP) is 3.07. The molecule has 1 aromatic carbocycles. The Morgan fingerprint density at radius 2 is 1.85 bits per heavy atom. The number of ketones is 1. The van der Waals surface area contributed by atoms with E-state index in [0.29, 0.717) is 6.42 Å². The number of anilines is 1. The Kier molecular flexibility index (Phi) is 6.42. The van der Waals surface area contributed by atoms with Gasteiger partial charge in [-0.15, -0.1) is 0 Å². The lowest BCUT2D eigenvalue weighted by atomic mass is 9.79. The lowest BCUT2D eigenvalue weighted by Gasteiger charge is -2.36. The summed E-state index contributed by atoms with van der Waals surface area (Å²) in [6, 6.07) is 8.25. The molecule has 1 N–H and O–H groups in total. The largest absolute Gasteiger partial charge is 0.495 e. The van der Waals surface area contributed by atoms with Crippen LogP contribution in [-0.4, -0.2) is 57.1 Å². The van der Waals surface area contributed by atoms with Crippen LogP contribution < -0.4 is 15.0 Å². The Bertz CT molecular complexity index is 676. The fourth-order valence-corrected chi connectivity index (χ4v) is 4.11. The molecule has 0 aromatic heterocycles. The number of hydrogen-bond donors (Lipinski definition) is 1. The summed E-state index contributed by atoms with van der Waals surface area (Å²) in [6.07, 6.45) is 4.53. The minimum Gasteiger partial charge on any atom is -0.495 e. The molecule has 0 saturated carbocycles. The third-order valence-electron chi connectivity index (χ3n) is 5.46. The molecule has 1 aliphatic carbocycles. The summed E-state index contributed by atoms with van der Waals surface area (Å²) in [5.74, 6) is 1.20. The van der Waals surface area contributed by atoms with Crippen molar-refractivity contribution in [2.45, 2.75) is 33.1 Å². The smallest absolute Gasteiger partial charge is 0.157 e. The fraction of sp³-hybridized carbons (Fsp3) is 0.591. The molecular weight excluding hydrogens is 338 g/mol. The van der Waals surface area contributed by atoms with Crippen molar-refractivity contribution < 1.29 is 9.53 Å². The summed E-state index contributed by atoms with van der Waals surface area (Å²) in [7, 11) is 1.73. The molecule has 148 valence electrons. The second-order valence-corrected chi connectivity index (χ2v) is 8.43. The summed E-state index contributed by atoms with van der Waals surface area (Å²) < 4.78 is 5.49. The zero-order chi connectivity index (χ0) is 19.3. The second kappa shape index (κ2) is 8.79. The van der Waals surface area contributed by atoms with E-state index in [1.54, 1.807) is 13.2 Å². The van der Waals surface area contributed by atoms with Crippen molar-refractivity contribution in [3.63, 3.8) is 0 Å². The number of benzene rings is 1. The average Bonchev–Trinajstić information content (AvgIpc) is 2.64. The lowest BCUT2D eigenvalue weighted by molar-refractivity contribution is -0.117. The summed E-state index contributed by atoms with van der Waals surface area (Å²) in [5, 5.41) is 3.48. The van der Waals surface area contributed by atoms with Gasteiger partial charge in [0, 0.05) is 50.9 Å². The highest BCUT2D eigenvalue weighted by Gasteiger charge is 2.27. The third kappa shape index (κ3) is 5.48. The van der Waals surface area contributed by atoms with Crippen LogP contribution in [0.3, 0.4) is 0 Å². The van der Waals surface area contributed by atoms with E-state index < -0.39 is 0 Å². The fourth-order valence-electron chi connectivity index (χ4n) is 4.11. The Labute approximate surface area is 163 Å². The number of para-hydroxylation sites is 2. The molecule has 1 heterocycles. The number of ether oxygens (including phenoxy) is 1. The van der Waals surface area contributed by atoms with Crippen LogP contribution in [0.5, 0.6) is 5.75 Å². The van der Waals surface area contributed by atoms with E-state index in [1.807, 2.05) is 12.1 Å². The molecule has 5 heteroatoms. The molecule has 1 saturated heterocycles. The van der Waals surface area contributed by atoms with Gasteiger partial charge < -0.3 is 15.0 Å². The summed E-state index contributed by atoms with van der Waals surface area (Å²) in [5.41, 5.74) is 2.39. The normalized spacial score (nSPS) is 20.3. The van der Waals surface area contributed by atoms with Gasteiger partial charge in [0.05, 0.1) is 12.8 Å². The topological polar surface area (TPSA) is 44.8 Å². The van der Waals surface area contributed by atoms with Crippen molar-refractivity contribution in [3.05, 3.63) is 36.0 Å². The van der Waals surface area contributed by atoms with Crippen LogP contribution in [0.15, 0.2) is 36.0 Å². The zero-order valence-electron chi connectivity index (χ0n) is 17.0. The molecule has 0 spiro atoms. The van der Waals surface area contributed by atoms with E-state index in [2.05, 4.69) is 41.1 Å². The van der Waals surface area contributed by atoms with Gasteiger partial charge in [0.15, 0.2) is 5.78 Å². The van der Waals surface area contributed by atoms with Gasteiger partial charge in [0.1, 0.15) is 5.75 Å². The maximum atomic E-state index is 11.8. The van der Waals surface area contributed by atoms with Gasteiger partial charge in [-0.05, 0) is 36.9 Å². The number of rotatable bonds is 7. The molecule has 0 bridgehead atoms. The first-order valence-electron chi connectivity index (χ1n) is 10.0. The van der Waals surface area contributed by atoms with Crippen LogP contribution >= 0.6 is 0 Å². The van der Waals surface area contributed by atoms with E-state index in [9.17, 15) is 4.79 Å². The minimum absolute atomic E-state index is 0.0863. The molecule has 0 amide bonds. The van der Waals surface area contributed by atoms with Gasteiger partial charge in [0.2, 0.25) is 0 Å². The molecule has 3 rings (SSSR count). The van der Waals surface area contributed by atoms with Gasteiger partial charge in [-0.3, -0.25) is 9.69 Å². The van der Waals surface area contributed by atoms with Crippen molar-refractivity contribution in [2.24, 2.45) is 5.41 Å². The second-order valence-electron chi connectivity index (χ2n) is 8.43. The van der Waals surface area contributed by atoms with Gasteiger partial charge in [-0.1, -0.05) is 26.0 Å². The monoisotopic (exact) mass is 371 g/mol. The first-order valence-corrected chi connectivity index (χ1v) is 10.0. The average molecular weight is 372 g/mol. The number of carbonyl (C=O) groups is 1. The van der Waals surface area contributed by atoms with Crippen LogP contribution in [0.2, 0.25) is 0 Å². The van der Waals surface area contributed by atoms with Gasteiger partial charge in [0.25, 0.3) is 0 Å². The molecule has 0 atom stereocenters. The van der Waals surface area contributed by atoms with Crippen molar-refractivity contribution >= 4 is 11.5 Å². The number of hydrogen-bond acceptors (Lipinski definition) is 5. The van der Waals surface area contributed by atoms with E-state index >= 15 is 0 Å². The molecular formula is C22H33N3O2. The summed E-state index contributed by atoms with van der Waals surface area (Å²) in [6.45, 7) is 10.6. The van der Waals surface area contributed by atoms with Crippen LogP contribution in [0.25, 0.3) is 0 Å². The Morgan fingerprint density at radius 1 is 1.11 bits per heavy atom. The Morgan fingerprint density at radius 3 is 2.56 bits per heavy atom. The van der Waals surface area contributed by atoms with Crippen molar-refractivity contribution in [3.8, 4) is 5.75 Å². The Hall–Kier alpha value is -2.01. The predicted molar refractivity (Wildman–Crippen MR) is 110 cm³/mol. The van der Waals surface area contributed by atoms with Crippen molar-refractivity contribution in [1.82, 2.24) is 10.2 Å². The lowest BCUT2D eigenvalue weighted by Crippen LogP contribution is -2.47. The molecule has 0 unspecified atom stereocenters. The highest BCUT2D eigenvalue weighted by Crippen LogP contribution is 2.32. The number of nitrogens with zero attached hydrogens (tertiary/aromatic N) is 2. The number of nitrogens with one attached hydrogen (secondary N) is 1. The highest BCUT2D eigenvalue weighted by atomic mass is 16.5. The number of carbonyl (C=O) groups excluding carboxylic acids is 1.